The van der Waals surface area contributed by atoms with Crippen molar-refractivity contribution in [2.45, 2.75) is 19.6 Å². The molecule has 0 fully saturated rings. The Morgan fingerprint density at radius 3 is 2.00 bits per heavy atom. The second-order valence-electron chi connectivity index (χ2n) is 7.88. The summed E-state index contributed by atoms with van der Waals surface area (Å²) in [7, 11) is 2.57. The van der Waals surface area contributed by atoms with Gasteiger partial charge < -0.3 is 14.4 Å². The minimum atomic E-state index is -1.60. The van der Waals surface area contributed by atoms with Gasteiger partial charge in [-0.25, -0.2) is 0 Å². The van der Waals surface area contributed by atoms with Gasteiger partial charge in [-0.15, -0.1) is 0 Å². The number of nitrogens with one attached hydrogen (secondary N) is 1. The first-order valence-corrected chi connectivity index (χ1v) is 11.8. The molecule has 0 radical (unpaired) electrons. The van der Waals surface area contributed by atoms with Crippen LogP contribution in [0.15, 0.2) is 85.1 Å². The third-order valence-corrected chi connectivity index (χ3v) is 6.13. The van der Waals surface area contributed by atoms with Gasteiger partial charge in [0.2, 0.25) is 0 Å². The SMILES string of the molecule is CN(C)CCc1c[nH]c2cccc(OP(OCc3ccccc3)OCc3ccccc3)c12. The van der Waals surface area contributed by atoms with Gasteiger partial charge >= 0.3 is 8.60 Å². The predicted molar refractivity (Wildman–Crippen MR) is 131 cm³/mol. The standard InChI is InChI=1S/C26H29N2O3P/c1-28(2)17-16-23-18-27-24-14-9-15-25(26(23)24)31-32(29-19-21-10-5-3-6-11-21)30-20-22-12-7-4-8-13-22/h3-15,18,27H,16-17,19-20H2,1-2H3. The number of aromatic nitrogens is 1. The van der Waals surface area contributed by atoms with Crippen molar-refractivity contribution in [1.29, 1.82) is 0 Å². The number of H-pyrrole nitrogens is 1. The quantitative estimate of drug-likeness (QED) is 0.273. The van der Waals surface area contributed by atoms with Crippen LogP contribution in [0.4, 0.5) is 0 Å². The topological polar surface area (TPSA) is 46.7 Å². The van der Waals surface area contributed by atoms with E-state index in [4.69, 9.17) is 13.6 Å². The van der Waals surface area contributed by atoms with Crippen LogP contribution < -0.4 is 4.52 Å². The lowest BCUT2D eigenvalue weighted by molar-refractivity contribution is 0.192. The second-order valence-corrected chi connectivity index (χ2v) is 9.03. The van der Waals surface area contributed by atoms with E-state index >= 15 is 0 Å². The van der Waals surface area contributed by atoms with Crippen LogP contribution in [0, 0.1) is 0 Å². The number of hydrogen-bond donors (Lipinski definition) is 1. The monoisotopic (exact) mass is 448 g/mol. The van der Waals surface area contributed by atoms with E-state index < -0.39 is 8.60 Å². The van der Waals surface area contributed by atoms with Crippen LogP contribution in [-0.4, -0.2) is 30.5 Å². The molecule has 0 amide bonds. The minimum absolute atomic E-state index is 0.429. The number of rotatable bonds is 11. The fraction of sp³-hybridized carbons (Fsp3) is 0.231. The Kier molecular flexibility index (Phi) is 7.92. The van der Waals surface area contributed by atoms with Gasteiger partial charge in [0.05, 0.1) is 13.2 Å². The lowest BCUT2D eigenvalue weighted by Gasteiger charge is -2.18. The second kappa shape index (κ2) is 11.3. The number of aromatic amines is 1. The number of fused-ring (bicyclic) bond motifs is 1. The molecule has 0 bridgehead atoms. The lowest BCUT2D eigenvalue weighted by Crippen LogP contribution is -2.14. The number of benzene rings is 3. The number of hydrogen-bond acceptors (Lipinski definition) is 4. The highest BCUT2D eigenvalue weighted by Crippen LogP contribution is 2.45. The fourth-order valence-electron chi connectivity index (χ4n) is 3.41. The molecule has 1 aromatic heterocycles. The van der Waals surface area contributed by atoms with Gasteiger partial charge in [-0.2, -0.15) is 0 Å². The van der Waals surface area contributed by atoms with E-state index in [9.17, 15) is 0 Å². The molecule has 0 atom stereocenters. The maximum absolute atomic E-state index is 6.36. The molecule has 3 aromatic carbocycles. The third-order valence-electron chi connectivity index (χ3n) is 5.11. The van der Waals surface area contributed by atoms with Gasteiger partial charge in [-0.05, 0) is 49.3 Å². The van der Waals surface area contributed by atoms with Crippen molar-refractivity contribution >= 4 is 19.5 Å². The summed E-state index contributed by atoms with van der Waals surface area (Å²) in [6.07, 6.45) is 3.00. The van der Waals surface area contributed by atoms with E-state index in [1.54, 1.807) is 0 Å². The first-order valence-electron chi connectivity index (χ1n) is 10.7. The summed E-state index contributed by atoms with van der Waals surface area (Å²) in [5, 5.41) is 1.09. The van der Waals surface area contributed by atoms with Gasteiger partial charge in [0.1, 0.15) is 5.75 Å². The normalized spacial score (nSPS) is 11.5. The molecule has 32 heavy (non-hydrogen) atoms. The average molecular weight is 449 g/mol. The number of likely N-dealkylation sites (N-methyl/N-ethyl adjacent to an activating group) is 1. The summed E-state index contributed by atoms with van der Waals surface area (Å²) in [5.41, 5.74) is 4.44. The van der Waals surface area contributed by atoms with Gasteiger partial charge in [-0.3, -0.25) is 9.05 Å². The largest absolute Gasteiger partial charge is 0.426 e. The van der Waals surface area contributed by atoms with E-state index in [1.807, 2.05) is 72.8 Å². The van der Waals surface area contributed by atoms with Crippen LogP contribution in [-0.2, 0) is 28.7 Å². The molecule has 166 valence electrons. The zero-order chi connectivity index (χ0) is 22.2. The Balaban J connectivity index is 1.53. The molecule has 5 nitrogen and oxygen atoms in total. The molecule has 0 unspecified atom stereocenters. The van der Waals surface area contributed by atoms with Crippen LogP contribution in [0.5, 0.6) is 5.75 Å². The third kappa shape index (κ3) is 6.18. The Labute approximate surface area is 190 Å². The Bertz CT molecular complexity index is 1060. The molecule has 0 aliphatic heterocycles. The molecule has 4 aromatic rings. The summed E-state index contributed by atoms with van der Waals surface area (Å²) in [5.74, 6) is 0.782. The Morgan fingerprint density at radius 2 is 1.41 bits per heavy atom. The van der Waals surface area contributed by atoms with Gasteiger partial charge in [0.25, 0.3) is 0 Å². The predicted octanol–water partition coefficient (Wildman–Crippen LogP) is 6.31. The first-order chi connectivity index (χ1) is 15.7. The average Bonchev–Trinajstić information content (AvgIpc) is 3.25. The number of nitrogens with zero attached hydrogens (tertiary/aromatic N) is 1. The zero-order valence-corrected chi connectivity index (χ0v) is 19.4. The van der Waals surface area contributed by atoms with E-state index in [0.29, 0.717) is 13.2 Å². The van der Waals surface area contributed by atoms with Gasteiger partial charge in [0.15, 0.2) is 0 Å². The van der Waals surface area contributed by atoms with E-state index in [-0.39, 0.29) is 0 Å². The zero-order valence-electron chi connectivity index (χ0n) is 18.5. The molecule has 1 N–H and O–H groups in total. The molecule has 0 spiro atoms. The molecule has 6 heteroatoms. The highest BCUT2D eigenvalue weighted by molar-refractivity contribution is 7.42. The van der Waals surface area contributed by atoms with Crippen molar-refractivity contribution in [2.75, 3.05) is 20.6 Å². The van der Waals surface area contributed by atoms with Crippen LogP contribution in [0.2, 0.25) is 0 Å². The van der Waals surface area contributed by atoms with Crippen molar-refractivity contribution < 1.29 is 13.6 Å². The van der Waals surface area contributed by atoms with Gasteiger partial charge in [0, 0.05) is 23.6 Å². The maximum atomic E-state index is 6.36. The summed E-state index contributed by atoms with van der Waals surface area (Å²) in [6.45, 7) is 1.82. The Morgan fingerprint density at radius 1 is 0.781 bits per heavy atom. The highest BCUT2D eigenvalue weighted by atomic mass is 31.2. The highest BCUT2D eigenvalue weighted by Gasteiger charge is 2.19. The molecule has 0 saturated carbocycles. The fourth-order valence-corrected chi connectivity index (χ4v) is 4.41. The molecular weight excluding hydrogens is 419 g/mol. The molecule has 0 saturated heterocycles. The molecule has 0 aliphatic carbocycles. The van der Waals surface area contributed by atoms with Crippen molar-refractivity contribution in [3.05, 3.63) is 102 Å². The van der Waals surface area contributed by atoms with Crippen LogP contribution in [0.25, 0.3) is 10.9 Å². The van der Waals surface area contributed by atoms with Crippen LogP contribution >= 0.6 is 8.60 Å². The first kappa shape index (κ1) is 22.5. The summed E-state index contributed by atoms with van der Waals surface area (Å²) >= 11 is 0. The molecule has 1 heterocycles. The molecule has 4 rings (SSSR count). The Hall–Kier alpha value is -2.69. The summed E-state index contributed by atoms with van der Waals surface area (Å²) < 4.78 is 18.6. The smallest absolute Gasteiger partial charge is 0.397 e. The molecular formula is C26H29N2O3P. The van der Waals surface area contributed by atoms with Crippen molar-refractivity contribution in [2.24, 2.45) is 0 Å². The van der Waals surface area contributed by atoms with Crippen molar-refractivity contribution in [3.63, 3.8) is 0 Å². The maximum Gasteiger partial charge on any atom is 0.397 e. The minimum Gasteiger partial charge on any atom is -0.426 e. The van der Waals surface area contributed by atoms with Crippen LogP contribution in [0.1, 0.15) is 16.7 Å². The van der Waals surface area contributed by atoms with Gasteiger partial charge in [-0.1, -0.05) is 66.7 Å². The van der Waals surface area contributed by atoms with Crippen LogP contribution in [0.3, 0.4) is 0 Å². The summed E-state index contributed by atoms with van der Waals surface area (Å²) in [6, 6.07) is 26.2. The summed E-state index contributed by atoms with van der Waals surface area (Å²) in [4.78, 5) is 5.55. The van der Waals surface area contributed by atoms with E-state index in [2.05, 4.69) is 36.2 Å². The van der Waals surface area contributed by atoms with E-state index in [1.165, 1.54) is 5.56 Å². The molecule has 0 aliphatic rings. The van der Waals surface area contributed by atoms with Crippen molar-refractivity contribution in [3.8, 4) is 5.75 Å². The van der Waals surface area contributed by atoms with E-state index in [0.717, 1.165) is 40.7 Å². The van der Waals surface area contributed by atoms with Crippen molar-refractivity contribution in [1.82, 2.24) is 9.88 Å². The lowest BCUT2D eigenvalue weighted by atomic mass is 10.1.